The van der Waals surface area contributed by atoms with E-state index in [1.165, 1.54) is 15.3 Å². The van der Waals surface area contributed by atoms with Gasteiger partial charge in [0.25, 0.3) is 0 Å². The number of benzene rings is 1. The van der Waals surface area contributed by atoms with E-state index in [1.807, 2.05) is 34.4 Å². The largest absolute Gasteiger partial charge is 0.497 e. The van der Waals surface area contributed by atoms with Crippen molar-refractivity contribution in [1.29, 1.82) is 0 Å². The molecule has 0 radical (unpaired) electrons. The molecule has 0 saturated heterocycles. The molecule has 0 spiro atoms. The van der Waals surface area contributed by atoms with Crippen LogP contribution >= 0.6 is 11.3 Å². The summed E-state index contributed by atoms with van der Waals surface area (Å²) in [6.07, 6.45) is 4.15. The predicted octanol–water partition coefficient (Wildman–Crippen LogP) is 4.87. The first kappa shape index (κ1) is 22.8. The van der Waals surface area contributed by atoms with Crippen LogP contribution in [0.25, 0.3) is 0 Å². The lowest BCUT2D eigenvalue weighted by Gasteiger charge is -2.36. The number of carbonyl (C=O) groups excluding carboxylic acids is 2. The van der Waals surface area contributed by atoms with Gasteiger partial charge in [0.15, 0.2) is 0 Å². The molecule has 2 aromatic rings. The summed E-state index contributed by atoms with van der Waals surface area (Å²) in [6, 6.07) is 10.1. The molecule has 6 heteroatoms. The second-order valence-electron chi connectivity index (χ2n) is 9.90. The lowest BCUT2D eigenvalue weighted by Crippen LogP contribution is -2.41. The summed E-state index contributed by atoms with van der Waals surface area (Å²) in [6.45, 7) is 7.65. The molecule has 1 aromatic heterocycles. The van der Waals surface area contributed by atoms with E-state index in [0.29, 0.717) is 19.5 Å². The minimum Gasteiger partial charge on any atom is -0.497 e. The van der Waals surface area contributed by atoms with Crippen LogP contribution in [0, 0.1) is 18.3 Å². The van der Waals surface area contributed by atoms with Crippen molar-refractivity contribution in [3.05, 3.63) is 51.2 Å². The number of thiophene rings is 1. The Balaban J connectivity index is 1.46. The van der Waals surface area contributed by atoms with E-state index in [4.69, 9.17) is 4.74 Å². The summed E-state index contributed by atoms with van der Waals surface area (Å²) < 4.78 is 5.44. The van der Waals surface area contributed by atoms with Crippen molar-refractivity contribution in [2.45, 2.75) is 58.9 Å². The Bertz CT molecular complexity index is 997. The molecule has 1 fully saturated rings. The van der Waals surface area contributed by atoms with E-state index in [9.17, 15) is 9.59 Å². The minimum absolute atomic E-state index is 0.0796. The number of methoxy groups -OCH3 is 1. The van der Waals surface area contributed by atoms with Crippen molar-refractivity contribution in [3.63, 3.8) is 0 Å². The SMILES string of the molecule is COc1cccc(C2c3cc(C)sc3CCN2C(=O)CCNC(=O)C2CCC(C)(C)C2)c1. The third kappa shape index (κ3) is 4.85. The highest BCUT2D eigenvalue weighted by Crippen LogP contribution is 2.41. The molecule has 2 amide bonds. The van der Waals surface area contributed by atoms with Crippen molar-refractivity contribution in [1.82, 2.24) is 10.2 Å². The molecule has 5 nitrogen and oxygen atoms in total. The summed E-state index contributed by atoms with van der Waals surface area (Å²) in [5.74, 6) is 1.05. The van der Waals surface area contributed by atoms with E-state index in [1.54, 1.807) is 7.11 Å². The molecule has 0 bridgehead atoms. The van der Waals surface area contributed by atoms with E-state index in [2.05, 4.69) is 38.2 Å². The Morgan fingerprint density at radius 2 is 2.09 bits per heavy atom. The van der Waals surface area contributed by atoms with Crippen LogP contribution in [0.15, 0.2) is 30.3 Å². The van der Waals surface area contributed by atoms with Gasteiger partial charge in [0.05, 0.1) is 13.2 Å². The van der Waals surface area contributed by atoms with Gasteiger partial charge >= 0.3 is 0 Å². The molecular weight excluding hydrogens is 420 g/mol. The van der Waals surface area contributed by atoms with Crippen LogP contribution < -0.4 is 10.1 Å². The second kappa shape index (κ2) is 9.26. The number of rotatable bonds is 6. The minimum atomic E-state index is -0.113. The van der Waals surface area contributed by atoms with E-state index in [-0.39, 0.29) is 29.2 Å². The highest BCUT2D eigenvalue weighted by atomic mass is 32.1. The highest BCUT2D eigenvalue weighted by molar-refractivity contribution is 7.12. The van der Waals surface area contributed by atoms with Crippen molar-refractivity contribution in [2.24, 2.45) is 11.3 Å². The van der Waals surface area contributed by atoms with Crippen molar-refractivity contribution in [2.75, 3.05) is 20.2 Å². The number of amides is 2. The first-order valence-electron chi connectivity index (χ1n) is 11.6. The number of aryl methyl sites for hydroxylation is 1. The van der Waals surface area contributed by atoms with E-state index >= 15 is 0 Å². The Hall–Kier alpha value is -2.34. The van der Waals surface area contributed by atoms with E-state index in [0.717, 1.165) is 37.0 Å². The van der Waals surface area contributed by atoms with Crippen LogP contribution in [-0.2, 0) is 16.0 Å². The van der Waals surface area contributed by atoms with Crippen LogP contribution in [0.4, 0.5) is 0 Å². The van der Waals surface area contributed by atoms with Crippen molar-refractivity contribution in [3.8, 4) is 5.75 Å². The Morgan fingerprint density at radius 1 is 1.28 bits per heavy atom. The van der Waals surface area contributed by atoms with Gasteiger partial charge in [-0.25, -0.2) is 0 Å². The summed E-state index contributed by atoms with van der Waals surface area (Å²) >= 11 is 1.82. The number of ether oxygens (including phenoxy) is 1. The lowest BCUT2D eigenvalue weighted by molar-refractivity contribution is -0.133. The normalized spacial score (nSPS) is 21.8. The lowest BCUT2D eigenvalue weighted by atomic mass is 9.90. The van der Waals surface area contributed by atoms with Gasteiger partial charge in [0, 0.05) is 35.2 Å². The van der Waals surface area contributed by atoms with Gasteiger partial charge in [-0.2, -0.15) is 0 Å². The third-order valence-corrected chi connectivity index (χ3v) is 7.98. The fourth-order valence-electron chi connectivity index (χ4n) is 5.21. The van der Waals surface area contributed by atoms with Gasteiger partial charge in [0.1, 0.15) is 5.75 Å². The van der Waals surface area contributed by atoms with Gasteiger partial charge in [0.2, 0.25) is 11.8 Å². The summed E-state index contributed by atoms with van der Waals surface area (Å²) in [4.78, 5) is 30.5. The molecule has 1 saturated carbocycles. The smallest absolute Gasteiger partial charge is 0.225 e. The molecule has 32 heavy (non-hydrogen) atoms. The van der Waals surface area contributed by atoms with Gasteiger partial charge in [-0.05, 0) is 67.3 Å². The molecule has 2 aliphatic rings. The predicted molar refractivity (Wildman–Crippen MR) is 128 cm³/mol. The summed E-state index contributed by atoms with van der Waals surface area (Å²) in [5.41, 5.74) is 2.53. The molecule has 172 valence electrons. The zero-order valence-corrected chi connectivity index (χ0v) is 20.4. The van der Waals surface area contributed by atoms with E-state index < -0.39 is 0 Å². The maximum Gasteiger partial charge on any atom is 0.225 e. The zero-order chi connectivity index (χ0) is 22.9. The van der Waals surface area contributed by atoms with Crippen LogP contribution in [0.3, 0.4) is 0 Å². The fraction of sp³-hybridized carbons (Fsp3) is 0.538. The third-order valence-electron chi connectivity index (χ3n) is 6.86. The molecular formula is C26H34N2O3S. The molecule has 1 aliphatic carbocycles. The fourth-order valence-corrected chi connectivity index (χ4v) is 6.26. The Labute approximate surface area is 195 Å². The molecule has 1 N–H and O–H groups in total. The van der Waals surface area contributed by atoms with Crippen LogP contribution in [0.5, 0.6) is 5.75 Å². The number of nitrogens with zero attached hydrogens (tertiary/aromatic N) is 1. The van der Waals surface area contributed by atoms with Crippen LogP contribution in [0.1, 0.15) is 66.5 Å². The standard InChI is InChI=1S/C26H34N2O3S/c1-17-14-21-22(32-17)10-13-28(24(21)18-6-5-7-20(15-18)31-4)23(29)9-12-27-25(30)19-8-11-26(2,3)16-19/h5-7,14-15,19,24H,8-13,16H2,1-4H3,(H,27,30). The number of nitrogens with one attached hydrogen (secondary N) is 1. The average molecular weight is 455 g/mol. The number of hydrogen-bond acceptors (Lipinski definition) is 4. The molecule has 1 aromatic carbocycles. The van der Waals surface area contributed by atoms with Crippen LogP contribution in [-0.4, -0.2) is 36.9 Å². The molecule has 2 unspecified atom stereocenters. The van der Waals surface area contributed by atoms with Gasteiger partial charge in [-0.15, -0.1) is 11.3 Å². The molecule has 4 rings (SSSR count). The number of hydrogen-bond donors (Lipinski definition) is 1. The first-order valence-corrected chi connectivity index (χ1v) is 12.4. The summed E-state index contributed by atoms with van der Waals surface area (Å²) in [5, 5.41) is 3.02. The van der Waals surface area contributed by atoms with Gasteiger partial charge in [-0.3, -0.25) is 9.59 Å². The first-order chi connectivity index (χ1) is 15.3. The molecule has 1 aliphatic heterocycles. The van der Waals surface area contributed by atoms with Gasteiger partial charge in [-0.1, -0.05) is 26.0 Å². The second-order valence-corrected chi connectivity index (χ2v) is 11.2. The highest BCUT2D eigenvalue weighted by Gasteiger charge is 2.36. The van der Waals surface area contributed by atoms with Crippen molar-refractivity contribution < 1.29 is 14.3 Å². The Kier molecular flexibility index (Phi) is 6.61. The average Bonchev–Trinajstić information content (AvgIpc) is 3.33. The maximum absolute atomic E-state index is 13.3. The number of carbonyl (C=O) groups is 2. The van der Waals surface area contributed by atoms with Gasteiger partial charge < -0.3 is 15.0 Å². The van der Waals surface area contributed by atoms with Crippen LogP contribution in [0.2, 0.25) is 0 Å². The topological polar surface area (TPSA) is 58.6 Å². The Morgan fingerprint density at radius 3 is 2.81 bits per heavy atom. The zero-order valence-electron chi connectivity index (χ0n) is 19.6. The maximum atomic E-state index is 13.3. The number of fused-ring (bicyclic) bond motifs is 1. The molecule has 2 atom stereocenters. The quantitative estimate of drug-likeness (QED) is 0.677. The molecule has 2 heterocycles. The monoisotopic (exact) mass is 454 g/mol. The van der Waals surface area contributed by atoms with Crippen molar-refractivity contribution >= 4 is 23.2 Å². The summed E-state index contributed by atoms with van der Waals surface area (Å²) in [7, 11) is 1.66.